The van der Waals surface area contributed by atoms with Crippen molar-refractivity contribution in [3.63, 3.8) is 0 Å². The molecule has 2 aromatic carbocycles. The number of rotatable bonds is 8. The summed E-state index contributed by atoms with van der Waals surface area (Å²) in [4.78, 5) is 14.3. The van der Waals surface area contributed by atoms with Gasteiger partial charge >= 0.3 is 0 Å². The SMILES string of the molecule is CC(C)CC(=O)N(CCN)Cc1ccc(-c2ccccc2-c2nnn[nH]2)cc1. The van der Waals surface area contributed by atoms with Crippen molar-refractivity contribution in [2.45, 2.75) is 26.8 Å². The lowest BCUT2D eigenvalue weighted by Gasteiger charge is -2.23. The van der Waals surface area contributed by atoms with E-state index in [-0.39, 0.29) is 5.91 Å². The zero-order valence-corrected chi connectivity index (χ0v) is 16.3. The molecule has 28 heavy (non-hydrogen) atoms. The van der Waals surface area contributed by atoms with Crippen molar-refractivity contribution in [3.8, 4) is 22.5 Å². The average Bonchev–Trinajstić information content (AvgIpc) is 3.22. The molecule has 7 heteroatoms. The molecule has 1 aromatic heterocycles. The van der Waals surface area contributed by atoms with E-state index in [2.05, 4.69) is 58.7 Å². The molecule has 0 aliphatic heterocycles. The van der Waals surface area contributed by atoms with Crippen molar-refractivity contribution in [1.29, 1.82) is 0 Å². The fourth-order valence-corrected chi connectivity index (χ4v) is 3.15. The van der Waals surface area contributed by atoms with Crippen LogP contribution in [0.5, 0.6) is 0 Å². The van der Waals surface area contributed by atoms with Crippen LogP contribution in [0.4, 0.5) is 0 Å². The molecular formula is C21H26N6O. The second-order valence-electron chi connectivity index (χ2n) is 7.19. The van der Waals surface area contributed by atoms with Crippen LogP contribution in [0, 0.1) is 5.92 Å². The molecule has 0 radical (unpaired) electrons. The van der Waals surface area contributed by atoms with Crippen LogP contribution in [0.25, 0.3) is 22.5 Å². The smallest absolute Gasteiger partial charge is 0.223 e. The van der Waals surface area contributed by atoms with Gasteiger partial charge in [0.05, 0.1) is 0 Å². The molecule has 3 rings (SSSR count). The Morgan fingerprint density at radius 1 is 1.11 bits per heavy atom. The third kappa shape index (κ3) is 4.80. The number of amides is 1. The van der Waals surface area contributed by atoms with E-state index in [0.717, 1.165) is 22.3 Å². The number of benzene rings is 2. The highest BCUT2D eigenvalue weighted by molar-refractivity contribution is 5.80. The molecule has 0 aliphatic rings. The number of nitrogens with zero attached hydrogens (tertiary/aromatic N) is 4. The zero-order chi connectivity index (χ0) is 19.9. The fraction of sp³-hybridized carbons (Fsp3) is 0.333. The van der Waals surface area contributed by atoms with Gasteiger partial charge in [0.1, 0.15) is 0 Å². The van der Waals surface area contributed by atoms with E-state index in [9.17, 15) is 4.79 Å². The molecule has 0 atom stereocenters. The predicted molar refractivity (Wildman–Crippen MR) is 109 cm³/mol. The van der Waals surface area contributed by atoms with E-state index >= 15 is 0 Å². The van der Waals surface area contributed by atoms with Gasteiger partial charge in [0.2, 0.25) is 5.91 Å². The molecule has 0 unspecified atom stereocenters. The Hall–Kier alpha value is -3.06. The molecule has 0 saturated carbocycles. The molecule has 146 valence electrons. The van der Waals surface area contributed by atoms with Crippen molar-refractivity contribution in [2.75, 3.05) is 13.1 Å². The minimum Gasteiger partial charge on any atom is -0.337 e. The Kier molecular flexibility index (Phi) is 6.49. The predicted octanol–water partition coefficient (Wildman–Crippen LogP) is 2.87. The van der Waals surface area contributed by atoms with Crippen molar-refractivity contribution in [2.24, 2.45) is 11.7 Å². The highest BCUT2D eigenvalue weighted by Gasteiger charge is 2.15. The molecule has 0 aliphatic carbocycles. The number of aromatic amines is 1. The highest BCUT2D eigenvalue weighted by atomic mass is 16.2. The minimum atomic E-state index is 0.146. The number of nitrogens with one attached hydrogen (secondary N) is 1. The van der Waals surface area contributed by atoms with Gasteiger partial charge in [0.25, 0.3) is 0 Å². The van der Waals surface area contributed by atoms with Crippen molar-refractivity contribution in [3.05, 3.63) is 54.1 Å². The second kappa shape index (κ2) is 9.23. The maximum atomic E-state index is 12.5. The van der Waals surface area contributed by atoms with Gasteiger partial charge in [0, 0.05) is 31.6 Å². The first-order chi connectivity index (χ1) is 13.6. The standard InChI is InChI=1S/C21H26N6O/c1-15(2)13-20(28)27(12-11-22)14-16-7-9-17(10-8-16)18-5-3-4-6-19(18)21-23-25-26-24-21/h3-10,15H,11-14,22H2,1-2H3,(H,23,24,25,26). The van der Waals surface area contributed by atoms with Crippen LogP contribution in [0.15, 0.2) is 48.5 Å². The Morgan fingerprint density at radius 2 is 1.82 bits per heavy atom. The fourth-order valence-electron chi connectivity index (χ4n) is 3.15. The number of hydrogen-bond donors (Lipinski definition) is 2. The molecule has 3 N–H and O–H groups in total. The van der Waals surface area contributed by atoms with Gasteiger partial charge in [-0.25, -0.2) is 5.10 Å². The molecule has 0 bridgehead atoms. The van der Waals surface area contributed by atoms with Crippen LogP contribution in [0.2, 0.25) is 0 Å². The largest absolute Gasteiger partial charge is 0.337 e. The first kappa shape index (κ1) is 19.7. The summed E-state index contributed by atoms with van der Waals surface area (Å²) in [5.41, 5.74) is 9.83. The van der Waals surface area contributed by atoms with E-state index in [0.29, 0.717) is 37.8 Å². The van der Waals surface area contributed by atoms with Crippen molar-refractivity contribution < 1.29 is 4.79 Å². The Morgan fingerprint density at radius 3 is 2.43 bits per heavy atom. The highest BCUT2D eigenvalue weighted by Crippen LogP contribution is 2.29. The number of H-pyrrole nitrogens is 1. The van der Waals surface area contributed by atoms with Crippen LogP contribution in [-0.4, -0.2) is 44.5 Å². The maximum absolute atomic E-state index is 12.5. The Labute approximate surface area is 164 Å². The van der Waals surface area contributed by atoms with E-state index < -0.39 is 0 Å². The third-order valence-electron chi connectivity index (χ3n) is 4.50. The topological polar surface area (TPSA) is 101 Å². The number of carbonyl (C=O) groups is 1. The summed E-state index contributed by atoms with van der Waals surface area (Å²) in [5, 5.41) is 14.2. The van der Waals surface area contributed by atoms with Crippen molar-refractivity contribution in [1.82, 2.24) is 25.5 Å². The molecule has 7 nitrogen and oxygen atoms in total. The quantitative estimate of drug-likeness (QED) is 0.628. The summed E-state index contributed by atoms with van der Waals surface area (Å²) in [7, 11) is 0. The van der Waals surface area contributed by atoms with Crippen LogP contribution in [0.1, 0.15) is 25.8 Å². The van der Waals surface area contributed by atoms with E-state index in [1.165, 1.54) is 0 Å². The van der Waals surface area contributed by atoms with E-state index in [1.807, 2.05) is 29.2 Å². The number of nitrogens with two attached hydrogens (primary N) is 1. The monoisotopic (exact) mass is 378 g/mol. The van der Waals surface area contributed by atoms with Crippen LogP contribution < -0.4 is 5.73 Å². The summed E-state index contributed by atoms with van der Waals surface area (Å²) in [6.07, 6.45) is 0.538. The molecule has 0 spiro atoms. The summed E-state index contributed by atoms with van der Waals surface area (Å²) in [6.45, 7) is 5.69. The Balaban J connectivity index is 1.80. The lowest BCUT2D eigenvalue weighted by Crippen LogP contribution is -2.35. The van der Waals surface area contributed by atoms with Gasteiger partial charge in [-0.15, -0.1) is 5.10 Å². The van der Waals surface area contributed by atoms with Gasteiger partial charge in [-0.05, 0) is 33.0 Å². The molecule has 0 fully saturated rings. The number of hydrogen-bond acceptors (Lipinski definition) is 5. The van der Waals surface area contributed by atoms with E-state index in [4.69, 9.17) is 5.73 Å². The van der Waals surface area contributed by atoms with Gasteiger partial charge in [-0.1, -0.05) is 62.4 Å². The molecule has 3 aromatic rings. The first-order valence-corrected chi connectivity index (χ1v) is 9.48. The van der Waals surface area contributed by atoms with Gasteiger partial charge < -0.3 is 10.6 Å². The Bertz CT molecular complexity index is 890. The lowest BCUT2D eigenvalue weighted by atomic mass is 9.98. The molecule has 0 saturated heterocycles. The van der Waals surface area contributed by atoms with Gasteiger partial charge in [-0.2, -0.15) is 0 Å². The number of tetrazole rings is 1. The number of aromatic nitrogens is 4. The first-order valence-electron chi connectivity index (χ1n) is 9.48. The van der Waals surface area contributed by atoms with Crippen LogP contribution in [-0.2, 0) is 11.3 Å². The normalized spacial score (nSPS) is 11.0. The average molecular weight is 378 g/mol. The summed E-state index contributed by atoms with van der Waals surface area (Å²) in [6, 6.07) is 16.2. The lowest BCUT2D eigenvalue weighted by molar-refractivity contribution is -0.132. The van der Waals surface area contributed by atoms with Gasteiger partial charge in [-0.3, -0.25) is 4.79 Å². The third-order valence-corrected chi connectivity index (χ3v) is 4.50. The summed E-state index contributed by atoms with van der Waals surface area (Å²) >= 11 is 0. The number of carbonyl (C=O) groups excluding carboxylic acids is 1. The molecule has 1 amide bonds. The second-order valence-corrected chi connectivity index (χ2v) is 7.19. The molecule has 1 heterocycles. The summed E-state index contributed by atoms with van der Waals surface area (Å²) < 4.78 is 0. The minimum absolute atomic E-state index is 0.146. The van der Waals surface area contributed by atoms with Crippen LogP contribution in [0.3, 0.4) is 0 Å². The van der Waals surface area contributed by atoms with E-state index in [1.54, 1.807) is 0 Å². The van der Waals surface area contributed by atoms with Crippen molar-refractivity contribution >= 4 is 5.91 Å². The van der Waals surface area contributed by atoms with Gasteiger partial charge in [0.15, 0.2) is 5.82 Å². The maximum Gasteiger partial charge on any atom is 0.223 e. The molecular weight excluding hydrogens is 352 g/mol. The summed E-state index contributed by atoms with van der Waals surface area (Å²) in [5.74, 6) is 1.11. The zero-order valence-electron chi connectivity index (χ0n) is 16.3. The van der Waals surface area contributed by atoms with Crippen LogP contribution >= 0.6 is 0 Å².